The number of halogens is 2. The van der Waals surface area contributed by atoms with E-state index >= 15 is 0 Å². The lowest BCUT2D eigenvalue weighted by atomic mass is 10.1. The van der Waals surface area contributed by atoms with Gasteiger partial charge in [0.2, 0.25) is 0 Å². The van der Waals surface area contributed by atoms with Crippen LogP contribution in [0.4, 0.5) is 8.78 Å². The van der Waals surface area contributed by atoms with Crippen LogP contribution in [0, 0.1) is 11.6 Å². The smallest absolute Gasteiger partial charge is 0.128 e. The van der Waals surface area contributed by atoms with Crippen molar-refractivity contribution in [1.29, 1.82) is 0 Å². The topological polar surface area (TPSA) is 38.9 Å². The van der Waals surface area contributed by atoms with Crippen LogP contribution >= 0.6 is 11.8 Å². The molecule has 0 saturated carbocycles. The lowest BCUT2D eigenvalue weighted by Crippen LogP contribution is -2.15. The molecule has 2 N–H and O–H groups in total. The molecular weight excluding hydrogens is 254 g/mol. The van der Waals surface area contributed by atoms with Crippen LogP contribution in [0.1, 0.15) is 11.6 Å². The molecular formula is C13H12F2N2S. The monoisotopic (exact) mass is 266 g/mol. The highest BCUT2D eigenvalue weighted by Crippen LogP contribution is 2.24. The van der Waals surface area contributed by atoms with Gasteiger partial charge < -0.3 is 5.73 Å². The van der Waals surface area contributed by atoms with Crippen LogP contribution in [0.15, 0.2) is 47.6 Å². The summed E-state index contributed by atoms with van der Waals surface area (Å²) in [5, 5.41) is 0. The predicted molar refractivity (Wildman–Crippen MR) is 68.2 cm³/mol. The molecule has 94 valence electrons. The van der Waals surface area contributed by atoms with Crippen LogP contribution in [0.5, 0.6) is 0 Å². The first-order valence-corrected chi connectivity index (χ1v) is 6.39. The van der Waals surface area contributed by atoms with E-state index in [2.05, 4.69) is 4.98 Å². The molecule has 5 heteroatoms. The molecule has 0 bridgehead atoms. The van der Waals surface area contributed by atoms with Crippen molar-refractivity contribution in [3.8, 4) is 0 Å². The molecule has 0 aliphatic carbocycles. The summed E-state index contributed by atoms with van der Waals surface area (Å²) in [6, 6.07) is 6.48. The van der Waals surface area contributed by atoms with Crippen LogP contribution in [0.3, 0.4) is 0 Å². The van der Waals surface area contributed by atoms with Crippen LogP contribution in [0.25, 0.3) is 0 Å². The van der Waals surface area contributed by atoms with E-state index in [1.165, 1.54) is 11.8 Å². The summed E-state index contributed by atoms with van der Waals surface area (Å²) in [6.07, 6.45) is 3.35. The molecule has 18 heavy (non-hydrogen) atoms. The minimum Gasteiger partial charge on any atom is -0.323 e. The van der Waals surface area contributed by atoms with E-state index in [1.807, 2.05) is 12.1 Å². The Morgan fingerprint density at radius 1 is 1.17 bits per heavy atom. The number of hydrogen-bond donors (Lipinski definition) is 1. The van der Waals surface area contributed by atoms with Crippen LogP contribution < -0.4 is 5.73 Å². The SMILES string of the molecule is NC(CSc1ccncc1)c1cc(F)ccc1F. The van der Waals surface area contributed by atoms with Crippen molar-refractivity contribution >= 4 is 11.8 Å². The maximum Gasteiger partial charge on any atom is 0.128 e. The highest BCUT2D eigenvalue weighted by atomic mass is 32.2. The average molecular weight is 266 g/mol. The Kier molecular flexibility index (Phi) is 4.28. The minimum atomic E-state index is -0.543. The van der Waals surface area contributed by atoms with Crippen molar-refractivity contribution in [3.63, 3.8) is 0 Å². The molecule has 0 spiro atoms. The van der Waals surface area contributed by atoms with Crippen molar-refractivity contribution in [2.45, 2.75) is 10.9 Å². The summed E-state index contributed by atoms with van der Waals surface area (Å²) in [7, 11) is 0. The maximum absolute atomic E-state index is 13.5. The van der Waals surface area contributed by atoms with Crippen LogP contribution in [-0.2, 0) is 0 Å². The van der Waals surface area contributed by atoms with Gasteiger partial charge in [-0.05, 0) is 30.3 Å². The van der Waals surface area contributed by atoms with Crippen molar-refractivity contribution in [3.05, 3.63) is 59.9 Å². The van der Waals surface area contributed by atoms with Gasteiger partial charge in [-0.3, -0.25) is 4.98 Å². The third kappa shape index (κ3) is 3.27. The molecule has 0 saturated heterocycles. The van der Waals surface area contributed by atoms with Gasteiger partial charge in [0.25, 0.3) is 0 Å². The Labute approximate surface area is 108 Å². The summed E-state index contributed by atoms with van der Waals surface area (Å²) in [5.41, 5.74) is 6.07. The van der Waals surface area contributed by atoms with Crippen LogP contribution in [-0.4, -0.2) is 10.7 Å². The standard InChI is InChI=1S/C13H12F2N2S/c14-9-1-2-12(15)11(7-9)13(16)8-18-10-3-5-17-6-4-10/h1-7,13H,8,16H2. The van der Waals surface area contributed by atoms with Gasteiger partial charge in [0, 0.05) is 34.6 Å². The molecule has 0 amide bonds. The van der Waals surface area contributed by atoms with Crippen molar-refractivity contribution < 1.29 is 8.78 Å². The normalized spacial score (nSPS) is 12.4. The molecule has 1 aromatic carbocycles. The van der Waals surface area contributed by atoms with Crippen molar-refractivity contribution in [1.82, 2.24) is 4.98 Å². The van der Waals surface area contributed by atoms with Gasteiger partial charge >= 0.3 is 0 Å². The van der Waals surface area contributed by atoms with E-state index in [4.69, 9.17) is 5.73 Å². The molecule has 2 aromatic rings. The zero-order chi connectivity index (χ0) is 13.0. The number of nitrogens with zero attached hydrogens (tertiary/aromatic N) is 1. The lowest BCUT2D eigenvalue weighted by molar-refractivity contribution is 0.573. The van der Waals surface area contributed by atoms with Gasteiger partial charge in [-0.2, -0.15) is 0 Å². The summed E-state index contributed by atoms with van der Waals surface area (Å²) in [5.74, 6) is -0.473. The maximum atomic E-state index is 13.5. The second-order valence-electron chi connectivity index (χ2n) is 3.77. The number of nitrogens with two attached hydrogens (primary N) is 1. The van der Waals surface area contributed by atoms with E-state index in [0.29, 0.717) is 5.75 Å². The highest BCUT2D eigenvalue weighted by molar-refractivity contribution is 7.99. The van der Waals surface area contributed by atoms with Gasteiger partial charge in [0.15, 0.2) is 0 Å². The fraction of sp³-hybridized carbons (Fsp3) is 0.154. The zero-order valence-corrected chi connectivity index (χ0v) is 10.3. The second-order valence-corrected chi connectivity index (χ2v) is 4.86. The summed E-state index contributed by atoms with van der Waals surface area (Å²) < 4.78 is 26.5. The van der Waals surface area contributed by atoms with E-state index in [1.54, 1.807) is 12.4 Å². The predicted octanol–water partition coefficient (Wildman–Crippen LogP) is 3.15. The zero-order valence-electron chi connectivity index (χ0n) is 9.51. The van der Waals surface area contributed by atoms with Gasteiger partial charge in [0.1, 0.15) is 11.6 Å². The fourth-order valence-electron chi connectivity index (χ4n) is 1.51. The average Bonchev–Trinajstić information content (AvgIpc) is 2.40. The first-order valence-electron chi connectivity index (χ1n) is 5.40. The van der Waals surface area contributed by atoms with Gasteiger partial charge in [-0.15, -0.1) is 11.8 Å². The van der Waals surface area contributed by atoms with E-state index in [-0.39, 0.29) is 5.56 Å². The molecule has 0 fully saturated rings. The first-order chi connectivity index (χ1) is 8.66. The fourth-order valence-corrected chi connectivity index (χ4v) is 2.37. The molecule has 1 atom stereocenters. The minimum absolute atomic E-state index is 0.205. The number of benzene rings is 1. The Morgan fingerprint density at radius 3 is 2.61 bits per heavy atom. The Balaban J connectivity index is 2.03. The van der Waals surface area contributed by atoms with E-state index in [0.717, 1.165) is 23.1 Å². The van der Waals surface area contributed by atoms with Gasteiger partial charge in [-0.25, -0.2) is 8.78 Å². The third-order valence-electron chi connectivity index (χ3n) is 2.44. The molecule has 0 aliphatic rings. The van der Waals surface area contributed by atoms with E-state index in [9.17, 15) is 8.78 Å². The number of hydrogen-bond acceptors (Lipinski definition) is 3. The third-order valence-corrected chi connectivity index (χ3v) is 3.57. The largest absolute Gasteiger partial charge is 0.323 e. The number of aromatic nitrogens is 1. The molecule has 1 unspecified atom stereocenters. The second kappa shape index (κ2) is 5.93. The number of rotatable bonds is 4. The highest BCUT2D eigenvalue weighted by Gasteiger charge is 2.12. The molecule has 0 aliphatic heterocycles. The van der Waals surface area contributed by atoms with Crippen molar-refractivity contribution in [2.24, 2.45) is 5.73 Å². The Hall–Kier alpha value is -1.46. The first kappa shape index (κ1) is 13.0. The van der Waals surface area contributed by atoms with Gasteiger partial charge in [-0.1, -0.05) is 0 Å². The molecule has 0 radical (unpaired) electrons. The lowest BCUT2D eigenvalue weighted by Gasteiger charge is -2.12. The van der Waals surface area contributed by atoms with Gasteiger partial charge in [0.05, 0.1) is 0 Å². The molecule has 1 heterocycles. The molecule has 2 rings (SSSR count). The summed E-state index contributed by atoms with van der Waals surface area (Å²) in [4.78, 5) is 4.90. The summed E-state index contributed by atoms with van der Waals surface area (Å²) >= 11 is 1.48. The Morgan fingerprint density at radius 2 is 1.89 bits per heavy atom. The number of pyridine rings is 1. The quantitative estimate of drug-likeness (QED) is 0.864. The summed E-state index contributed by atoms with van der Waals surface area (Å²) in [6.45, 7) is 0. The molecule has 1 aromatic heterocycles. The van der Waals surface area contributed by atoms with Crippen molar-refractivity contribution in [2.75, 3.05) is 5.75 Å². The van der Waals surface area contributed by atoms with Crippen LogP contribution in [0.2, 0.25) is 0 Å². The molecule has 2 nitrogen and oxygen atoms in total. The number of thioether (sulfide) groups is 1. The van der Waals surface area contributed by atoms with E-state index < -0.39 is 17.7 Å². The Bertz CT molecular complexity index is 520.